The van der Waals surface area contributed by atoms with Gasteiger partial charge in [0.25, 0.3) is 0 Å². The van der Waals surface area contributed by atoms with Gasteiger partial charge in [0.15, 0.2) is 0 Å². The SMILES string of the molecule is CCCC[N+](CCCC)(CCCC)CCCC.COc1ccccc1S(=O)(=O)[O-]. The minimum atomic E-state index is -4.42. The van der Waals surface area contributed by atoms with Crippen LogP contribution in [0, 0.1) is 0 Å². The van der Waals surface area contributed by atoms with Gasteiger partial charge in [-0.2, -0.15) is 0 Å². The summed E-state index contributed by atoms with van der Waals surface area (Å²) < 4.78 is 37.8. The summed E-state index contributed by atoms with van der Waals surface area (Å²) in [5.74, 6) is 0.0764. The van der Waals surface area contributed by atoms with Crippen molar-refractivity contribution in [1.29, 1.82) is 0 Å². The van der Waals surface area contributed by atoms with Crippen molar-refractivity contribution in [1.82, 2.24) is 0 Å². The molecule has 0 unspecified atom stereocenters. The molecule has 0 atom stereocenters. The Hall–Kier alpha value is -1.11. The maximum Gasteiger partial charge on any atom is 0.136 e. The van der Waals surface area contributed by atoms with Gasteiger partial charge in [-0.1, -0.05) is 65.5 Å². The molecule has 0 amide bonds. The summed E-state index contributed by atoms with van der Waals surface area (Å²) in [5, 5.41) is 0. The summed E-state index contributed by atoms with van der Waals surface area (Å²) in [5.41, 5.74) is 0. The van der Waals surface area contributed by atoms with E-state index in [1.807, 2.05) is 0 Å². The van der Waals surface area contributed by atoms with E-state index in [4.69, 9.17) is 4.74 Å². The molecule has 5 nitrogen and oxygen atoms in total. The number of quaternary nitrogens is 1. The third-order valence-corrected chi connectivity index (χ3v) is 6.16. The number of hydrogen-bond acceptors (Lipinski definition) is 4. The number of methoxy groups -OCH3 is 1. The molecular weight excluding hydrogens is 386 g/mol. The van der Waals surface area contributed by atoms with E-state index in [9.17, 15) is 13.0 Å². The average Bonchev–Trinajstić information content (AvgIpc) is 2.72. The van der Waals surface area contributed by atoms with Gasteiger partial charge in [0, 0.05) is 0 Å². The van der Waals surface area contributed by atoms with E-state index in [2.05, 4.69) is 27.7 Å². The van der Waals surface area contributed by atoms with Crippen LogP contribution in [-0.4, -0.2) is 50.7 Å². The molecule has 0 heterocycles. The van der Waals surface area contributed by atoms with Gasteiger partial charge in [-0.3, -0.25) is 0 Å². The van der Waals surface area contributed by atoms with E-state index in [-0.39, 0.29) is 10.6 Å². The molecule has 6 heteroatoms. The second-order valence-corrected chi connectivity index (χ2v) is 9.10. The summed E-state index contributed by atoms with van der Waals surface area (Å²) in [6.07, 6.45) is 11.1. The fourth-order valence-electron chi connectivity index (χ4n) is 3.47. The number of nitrogens with zero attached hydrogens (tertiary/aromatic N) is 1. The highest BCUT2D eigenvalue weighted by Gasteiger charge is 2.24. The van der Waals surface area contributed by atoms with Gasteiger partial charge in [0.05, 0.1) is 38.2 Å². The summed E-state index contributed by atoms with van der Waals surface area (Å²) in [7, 11) is -3.11. The molecule has 1 aromatic carbocycles. The molecule has 0 aliphatic rings. The first-order valence-corrected chi connectivity index (χ1v) is 12.6. The normalized spacial score (nSPS) is 11.7. The lowest BCUT2D eigenvalue weighted by molar-refractivity contribution is -0.929. The van der Waals surface area contributed by atoms with Crippen molar-refractivity contribution in [2.24, 2.45) is 0 Å². The van der Waals surface area contributed by atoms with Crippen LogP contribution in [0.15, 0.2) is 29.2 Å². The van der Waals surface area contributed by atoms with Gasteiger partial charge in [-0.15, -0.1) is 0 Å². The number of rotatable bonds is 14. The molecule has 0 N–H and O–H groups in total. The molecule has 0 spiro atoms. The summed E-state index contributed by atoms with van der Waals surface area (Å²) >= 11 is 0. The summed E-state index contributed by atoms with van der Waals surface area (Å²) in [6, 6.07) is 5.69. The van der Waals surface area contributed by atoms with Gasteiger partial charge >= 0.3 is 0 Å². The number of unbranched alkanes of at least 4 members (excludes halogenated alkanes) is 4. The zero-order chi connectivity index (χ0) is 22.2. The number of benzene rings is 1. The summed E-state index contributed by atoms with van der Waals surface area (Å²) in [6.45, 7) is 15.0. The molecule has 0 saturated heterocycles. The average molecular weight is 430 g/mol. The van der Waals surface area contributed by atoms with Crippen molar-refractivity contribution in [3.05, 3.63) is 24.3 Å². The molecule has 0 aromatic heterocycles. The Morgan fingerprint density at radius 1 is 0.793 bits per heavy atom. The quantitative estimate of drug-likeness (QED) is 0.285. The van der Waals surface area contributed by atoms with Crippen molar-refractivity contribution >= 4 is 10.1 Å². The second kappa shape index (κ2) is 15.7. The highest BCUT2D eigenvalue weighted by molar-refractivity contribution is 7.85. The predicted molar refractivity (Wildman–Crippen MR) is 120 cm³/mol. The molecule has 1 aromatic rings. The molecule has 0 aliphatic carbocycles. The molecule has 29 heavy (non-hydrogen) atoms. The molecule has 0 bridgehead atoms. The van der Waals surface area contributed by atoms with Crippen LogP contribution in [0.3, 0.4) is 0 Å². The van der Waals surface area contributed by atoms with Crippen LogP contribution >= 0.6 is 0 Å². The van der Waals surface area contributed by atoms with E-state index >= 15 is 0 Å². The smallest absolute Gasteiger partial charge is 0.136 e. The second-order valence-electron chi connectivity index (χ2n) is 7.76. The van der Waals surface area contributed by atoms with Crippen molar-refractivity contribution in [3.63, 3.8) is 0 Å². The minimum absolute atomic E-state index is 0.0764. The Balaban J connectivity index is 0.000000571. The minimum Gasteiger partial charge on any atom is -0.744 e. The van der Waals surface area contributed by atoms with Crippen LogP contribution < -0.4 is 4.74 Å². The van der Waals surface area contributed by atoms with Crippen molar-refractivity contribution in [2.45, 2.75) is 84.0 Å². The highest BCUT2D eigenvalue weighted by Crippen LogP contribution is 2.21. The Morgan fingerprint density at radius 3 is 1.45 bits per heavy atom. The van der Waals surface area contributed by atoms with Gasteiger partial charge in [0.1, 0.15) is 15.9 Å². The topological polar surface area (TPSA) is 66.4 Å². The fraction of sp³-hybridized carbons (Fsp3) is 0.739. The first-order chi connectivity index (χ1) is 13.8. The predicted octanol–water partition coefficient (Wildman–Crippen LogP) is 5.60. The maximum absolute atomic E-state index is 10.6. The Labute approximate surface area is 179 Å². The molecule has 0 aliphatic heterocycles. The Bertz CT molecular complexity index is 594. The van der Waals surface area contributed by atoms with Gasteiger partial charge in [-0.25, -0.2) is 8.42 Å². The van der Waals surface area contributed by atoms with Gasteiger partial charge < -0.3 is 13.8 Å². The lowest BCUT2D eigenvalue weighted by atomic mass is 10.1. The molecule has 0 fully saturated rings. The van der Waals surface area contributed by atoms with Crippen LogP contribution in [0.1, 0.15) is 79.1 Å². The largest absolute Gasteiger partial charge is 0.744 e. The van der Waals surface area contributed by atoms with Crippen LogP contribution in [0.5, 0.6) is 5.75 Å². The molecule has 1 rings (SSSR count). The molecule has 0 saturated carbocycles. The van der Waals surface area contributed by atoms with Gasteiger partial charge in [0.2, 0.25) is 0 Å². The zero-order valence-electron chi connectivity index (χ0n) is 19.3. The van der Waals surface area contributed by atoms with Crippen LogP contribution in [0.2, 0.25) is 0 Å². The molecule has 0 radical (unpaired) electrons. The van der Waals surface area contributed by atoms with Gasteiger partial charge in [-0.05, 0) is 37.8 Å². The van der Waals surface area contributed by atoms with E-state index in [1.54, 1.807) is 6.07 Å². The Morgan fingerprint density at radius 2 is 1.17 bits per heavy atom. The third-order valence-electron chi connectivity index (χ3n) is 5.28. The number of hydrogen-bond donors (Lipinski definition) is 0. The first kappa shape index (κ1) is 27.9. The zero-order valence-corrected chi connectivity index (χ0v) is 20.1. The van der Waals surface area contributed by atoms with E-state index in [1.165, 1.54) is 107 Å². The Kier molecular flexibility index (Phi) is 15.1. The van der Waals surface area contributed by atoms with Crippen molar-refractivity contribution < 1.29 is 22.2 Å². The van der Waals surface area contributed by atoms with Crippen LogP contribution in [0.4, 0.5) is 0 Å². The standard InChI is InChI=1S/C16H36N.C7H8O4S/c1-5-9-13-17(14-10-6-2,15-11-7-3)16-12-8-4;1-11-6-4-2-3-5-7(6)12(8,9)10/h5-16H2,1-4H3;2-5H,1H3,(H,8,9,10)/q+1;/p-1. The number of ether oxygens (including phenoxy) is 1. The fourth-order valence-corrected chi connectivity index (χ4v) is 4.11. The third kappa shape index (κ3) is 11.6. The van der Waals surface area contributed by atoms with Crippen LogP contribution in [-0.2, 0) is 10.1 Å². The highest BCUT2D eigenvalue weighted by atomic mass is 32.2. The lowest BCUT2D eigenvalue weighted by Gasteiger charge is -2.39. The van der Waals surface area contributed by atoms with E-state index in [0.717, 1.165) is 0 Å². The first-order valence-electron chi connectivity index (χ1n) is 11.2. The summed E-state index contributed by atoms with van der Waals surface area (Å²) in [4.78, 5) is -0.326. The monoisotopic (exact) mass is 429 g/mol. The van der Waals surface area contributed by atoms with E-state index < -0.39 is 10.1 Å². The van der Waals surface area contributed by atoms with Crippen molar-refractivity contribution in [2.75, 3.05) is 33.3 Å². The molecule has 170 valence electrons. The molecular formula is C23H43NO4S. The lowest BCUT2D eigenvalue weighted by Crippen LogP contribution is -2.50. The number of para-hydroxylation sites is 1. The van der Waals surface area contributed by atoms with Crippen molar-refractivity contribution in [3.8, 4) is 5.75 Å². The van der Waals surface area contributed by atoms with E-state index in [0.29, 0.717) is 0 Å². The van der Waals surface area contributed by atoms with Crippen LogP contribution in [0.25, 0.3) is 0 Å². The maximum atomic E-state index is 10.6.